The average Bonchev–Trinajstić information content (AvgIpc) is 2.55. The summed E-state index contributed by atoms with van der Waals surface area (Å²) in [5.41, 5.74) is 1.83. The van der Waals surface area contributed by atoms with Gasteiger partial charge in [0.05, 0.1) is 21.4 Å². The molecule has 3 rings (SSSR count). The van der Waals surface area contributed by atoms with Crippen LogP contribution in [0.1, 0.15) is 0 Å². The van der Waals surface area contributed by atoms with E-state index in [1.54, 1.807) is 12.4 Å². The van der Waals surface area contributed by atoms with E-state index in [9.17, 15) is 0 Å². The first kappa shape index (κ1) is 16.1. The van der Waals surface area contributed by atoms with E-state index in [1.165, 1.54) is 6.07 Å². The largest absolute Gasteiger partial charge is 0.506 e. The van der Waals surface area contributed by atoms with E-state index >= 15 is 0 Å². The third-order valence-electron chi connectivity index (χ3n) is 2.61. The number of hydrogen-bond donors (Lipinski definition) is 2. The van der Waals surface area contributed by atoms with Crippen molar-refractivity contribution in [2.75, 3.05) is 0 Å². The van der Waals surface area contributed by atoms with Gasteiger partial charge in [-0.25, -0.2) is 0 Å². The van der Waals surface area contributed by atoms with Crippen LogP contribution in [0.4, 0.5) is 0 Å². The maximum absolute atomic E-state index is 8.87. The Kier molecular flexibility index (Phi) is 5.58. The van der Waals surface area contributed by atoms with Crippen LogP contribution in [0.5, 0.6) is 11.5 Å². The molecule has 3 aromatic rings. The van der Waals surface area contributed by atoms with Gasteiger partial charge >= 0.3 is 0 Å². The van der Waals surface area contributed by atoms with E-state index in [2.05, 4.69) is 9.97 Å². The molecule has 4 nitrogen and oxygen atoms in total. The zero-order chi connectivity index (χ0) is 15.9. The quantitative estimate of drug-likeness (QED) is 0.685. The Balaban J connectivity index is 0.000000164. The van der Waals surface area contributed by atoms with Crippen molar-refractivity contribution >= 4 is 23.2 Å². The lowest BCUT2D eigenvalue weighted by molar-refractivity contribution is 0.451. The zero-order valence-corrected chi connectivity index (χ0v) is 12.8. The molecule has 2 heterocycles. The molecule has 1 aromatic carbocycles. The van der Waals surface area contributed by atoms with E-state index < -0.39 is 0 Å². The summed E-state index contributed by atoms with van der Waals surface area (Å²) in [7, 11) is 0. The van der Waals surface area contributed by atoms with Gasteiger partial charge in [0, 0.05) is 18.5 Å². The minimum atomic E-state index is -0.177. The van der Waals surface area contributed by atoms with Gasteiger partial charge < -0.3 is 10.2 Å². The second-order valence-corrected chi connectivity index (χ2v) is 5.00. The Morgan fingerprint density at radius 1 is 0.682 bits per heavy atom. The van der Waals surface area contributed by atoms with Gasteiger partial charge in [-0.15, -0.1) is 0 Å². The second kappa shape index (κ2) is 7.64. The third-order valence-corrected chi connectivity index (χ3v) is 3.21. The monoisotopic (exact) mass is 334 g/mol. The fourth-order valence-corrected chi connectivity index (χ4v) is 1.94. The number of halogens is 2. The van der Waals surface area contributed by atoms with Crippen LogP contribution in [0, 0.1) is 0 Å². The van der Waals surface area contributed by atoms with E-state index in [-0.39, 0.29) is 21.5 Å². The number of phenols is 2. The van der Waals surface area contributed by atoms with Crippen molar-refractivity contribution in [1.29, 1.82) is 0 Å². The molecular weight excluding hydrogens is 323 g/mol. The number of benzene rings is 1. The Labute approximate surface area is 137 Å². The van der Waals surface area contributed by atoms with Gasteiger partial charge in [-0.3, -0.25) is 9.97 Å². The highest BCUT2D eigenvalue weighted by molar-refractivity contribution is 6.36. The number of hydrogen-bond acceptors (Lipinski definition) is 4. The lowest BCUT2D eigenvalue weighted by Crippen LogP contribution is -1.83. The molecule has 0 radical (unpaired) electrons. The molecule has 0 atom stereocenters. The van der Waals surface area contributed by atoms with Crippen molar-refractivity contribution in [3.8, 4) is 22.9 Å². The number of pyridine rings is 2. The van der Waals surface area contributed by atoms with Crippen LogP contribution in [0.2, 0.25) is 10.0 Å². The van der Waals surface area contributed by atoms with E-state index in [4.69, 9.17) is 33.4 Å². The van der Waals surface area contributed by atoms with Crippen LogP contribution in [0.25, 0.3) is 11.4 Å². The topological polar surface area (TPSA) is 66.2 Å². The van der Waals surface area contributed by atoms with Crippen LogP contribution in [-0.2, 0) is 0 Å². The first-order chi connectivity index (χ1) is 10.6. The zero-order valence-electron chi connectivity index (χ0n) is 11.3. The second-order valence-electron chi connectivity index (χ2n) is 4.18. The predicted molar refractivity (Wildman–Crippen MR) is 87.3 cm³/mol. The van der Waals surface area contributed by atoms with Gasteiger partial charge in [-0.1, -0.05) is 35.3 Å². The smallest absolute Gasteiger partial charge is 0.137 e. The summed E-state index contributed by atoms with van der Waals surface area (Å²) in [5.74, 6) is -0.355. The summed E-state index contributed by atoms with van der Waals surface area (Å²) in [5, 5.41) is 18.0. The predicted octanol–water partition coefficient (Wildman–Crippen LogP) is 4.55. The van der Waals surface area contributed by atoms with Gasteiger partial charge in [0.15, 0.2) is 0 Å². The van der Waals surface area contributed by atoms with Crippen molar-refractivity contribution in [2.24, 2.45) is 0 Å². The van der Waals surface area contributed by atoms with Crippen molar-refractivity contribution < 1.29 is 10.2 Å². The molecule has 22 heavy (non-hydrogen) atoms. The highest BCUT2D eigenvalue weighted by atomic mass is 35.5. The van der Waals surface area contributed by atoms with Crippen LogP contribution in [-0.4, -0.2) is 20.2 Å². The van der Waals surface area contributed by atoms with Gasteiger partial charge in [-0.05, 0) is 30.3 Å². The number of nitrogens with zero attached hydrogens (tertiary/aromatic N) is 2. The van der Waals surface area contributed by atoms with Crippen LogP contribution >= 0.6 is 23.2 Å². The molecule has 2 aromatic heterocycles. The van der Waals surface area contributed by atoms with Crippen LogP contribution in [0.15, 0.2) is 60.9 Å². The first-order valence-electron chi connectivity index (χ1n) is 6.27. The highest BCUT2D eigenvalue weighted by Crippen LogP contribution is 2.33. The van der Waals surface area contributed by atoms with Gasteiger partial charge in [0.2, 0.25) is 0 Å². The lowest BCUT2D eigenvalue weighted by Gasteiger charge is -1.98. The molecule has 2 N–H and O–H groups in total. The van der Waals surface area contributed by atoms with Gasteiger partial charge in [0.25, 0.3) is 0 Å². The SMILES string of the molecule is Oc1cc(O)c(Cl)cc1Cl.c1ccc(-c2ccccn2)nc1. The highest BCUT2D eigenvalue weighted by Gasteiger charge is 2.03. The average molecular weight is 335 g/mol. The van der Waals surface area contributed by atoms with Gasteiger partial charge in [-0.2, -0.15) is 0 Å². The lowest BCUT2D eigenvalue weighted by atomic mass is 10.2. The fourth-order valence-electron chi connectivity index (χ4n) is 1.56. The normalized spacial score (nSPS) is 9.73. The summed E-state index contributed by atoms with van der Waals surface area (Å²) in [4.78, 5) is 8.37. The molecule has 0 amide bonds. The molecule has 0 unspecified atom stereocenters. The van der Waals surface area contributed by atoms with E-state index in [1.807, 2.05) is 36.4 Å². The molecule has 0 bridgehead atoms. The molecule has 0 saturated heterocycles. The van der Waals surface area contributed by atoms with Gasteiger partial charge in [0.1, 0.15) is 11.5 Å². The Morgan fingerprint density at radius 3 is 1.45 bits per heavy atom. The molecule has 0 aliphatic rings. The maximum atomic E-state index is 8.87. The van der Waals surface area contributed by atoms with Crippen molar-refractivity contribution in [1.82, 2.24) is 9.97 Å². The summed E-state index contributed by atoms with van der Waals surface area (Å²) >= 11 is 10.9. The molecule has 0 saturated carbocycles. The Bertz CT molecular complexity index is 650. The maximum Gasteiger partial charge on any atom is 0.137 e. The summed E-state index contributed by atoms with van der Waals surface area (Å²) in [6.45, 7) is 0. The number of aromatic hydroxyl groups is 2. The molecular formula is C16H12Cl2N2O2. The Morgan fingerprint density at radius 2 is 1.14 bits per heavy atom. The first-order valence-corrected chi connectivity index (χ1v) is 7.03. The fraction of sp³-hybridized carbons (Fsp3) is 0. The summed E-state index contributed by atoms with van der Waals surface area (Å²) in [6.07, 6.45) is 3.54. The Hall–Kier alpha value is -2.30. The number of rotatable bonds is 1. The molecule has 0 aliphatic carbocycles. The molecule has 0 spiro atoms. The number of aromatic nitrogens is 2. The van der Waals surface area contributed by atoms with Crippen LogP contribution in [0.3, 0.4) is 0 Å². The molecule has 0 aliphatic heterocycles. The summed E-state index contributed by atoms with van der Waals surface area (Å²) < 4.78 is 0. The van der Waals surface area contributed by atoms with Crippen molar-refractivity contribution in [2.45, 2.75) is 0 Å². The van der Waals surface area contributed by atoms with Crippen molar-refractivity contribution in [3.63, 3.8) is 0 Å². The molecule has 6 heteroatoms. The molecule has 0 fully saturated rings. The van der Waals surface area contributed by atoms with E-state index in [0.29, 0.717) is 0 Å². The molecule has 112 valence electrons. The minimum absolute atomic E-state index is 0.128. The van der Waals surface area contributed by atoms with Crippen molar-refractivity contribution in [3.05, 3.63) is 71.0 Å². The summed E-state index contributed by atoms with van der Waals surface area (Å²) in [6, 6.07) is 14.0. The van der Waals surface area contributed by atoms with Crippen LogP contribution < -0.4 is 0 Å². The standard InChI is InChI=1S/C10H8N2.C6H4Cl2O2/c1-3-7-11-9(5-1)10-6-2-4-8-12-10;7-3-1-4(8)6(10)2-5(3)9/h1-8H;1-2,9-10H. The number of phenolic OH excluding ortho intramolecular Hbond substituents is 2. The third kappa shape index (κ3) is 4.35. The minimum Gasteiger partial charge on any atom is -0.506 e. The van der Waals surface area contributed by atoms with E-state index in [0.717, 1.165) is 17.5 Å².